The van der Waals surface area contributed by atoms with Crippen LogP contribution in [0, 0.1) is 5.41 Å². The van der Waals surface area contributed by atoms with Gasteiger partial charge in [-0.05, 0) is 51.3 Å². The Kier molecular flexibility index (Phi) is 7.01. The van der Waals surface area contributed by atoms with Gasteiger partial charge in [-0.2, -0.15) is 0 Å². The van der Waals surface area contributed by atoms with Gasteiger partial charge >= 0.3 is 6.03 Å². The first-order chi connectivity index (χ1) is 13.1. The summed E-state index contributed by atoms with van der Waals surface area (Å²) in [4.78, 5) is 26.4. The zero-order chi connectivity index (χ0) is 20.9. The molecule has 156 valence electrons. The van der Waals surface area contributed by atoms with E-state index in [0.717, 1.165) is 5.56 Å². The second-order valence-electron chi connectivity index (χ2n) is 7.84. The number of amides is 3. The molecule has 0 spiro atoms. The smallest absolute Gasteiger partial charge is 0.321 e. The fourth-order valence-electron chi connectivity index (χ4n) is 3.42. The van der Waals surface area contributed by atoms with Crippen LogP contribution in [0.1, 0.15) is 65.0 Å². The Morgan fingerprint density at radius 1 is 1.07 bits per heavy atom. The summed E-state index contributed by atoms with van der Waals surface area (Å²) < 4.78 is 26.8. The van der Waals surface area contributed by atoms with Gasteiger partial charge in [0, 0.05) is 37.0 Å². The summed E-state index contributed by atoms with van der Waals surface area (Å²) in [5, 5.41) is 5.80. The molecule has 0 radical (unpaired) electrons. The molecule has 7 heteroatoms. The molecule has 0 bridgehead atoms. The molecule has 5 nitrogen and oxygen atoms in total. The fraction of sp³-hybridized carbons (Fsp3) is 0.619. The topological polar surface area (TPSA) is 61.4 Å². The van der Waals surface area contributed by atoms with Gasteiger partial charge in [-0.15, -0.1) is 0 Å². The number of carbonyl (C=O) groups excluding carboxylic acids is 2. The highest BCUT2D eigenvalue weighted by atomic mass is 19.3. The summed E-state index contributed by atoms with van der Waals surface area (Å²) in [7, 11) is 0. The first-order valence-electron chi connectivity index (χ1n) is 9.95. The van der Waals surface area contributed by atoms with Gasteiger partial charge in [-0.25, -0.2) is 13.6 Å². The third-order valence-electron chi connectivity index (χ3n) is 5.69. The molecule has 1 aliphatic rings. The third kappa shape index (κ3) is 5.42. The molecule has 1 aliphatic carbocycles. The van der Waals surface area contributed by atoms with Crippen LogP contribution in [0.2, 0.25) is 0 Å². The maximum atomic E-state index is 13.4. The molecule has 1 aromatic carbocycles. The van der Waals surface area contributed by atoms with Crippen LogP contribution < -0.4 is 10.6 Å². The molecule has 0 aromatic heterocycles. The molecular weight excluding hydrogens is 364 g/mol. The molecule has 3 amide bonds. The van der Waals surface area contributed by atoms with Crippen molar-refractivity contribution in [1.29, 1.82) is 0 Å². The van der Waals surface area contributed by atoms with Crippen LogP contribution in [0.15, 0.2) is 24.3 Å². The molecule has 0 saturated heterocycles. The van der Waals surface area contributed by atoms with E-state index in [1.165, 1.54) is 0 Å². The second kappa shape index (κ2) is 8.88. The number of hydrogen-bond acceptors (Lipinski definition) is 2. The molecule has 1 atom stereocenters. The predicted molar refractivity (Wildman–Crippen MR) is 106 cm³/mol. The Bertz CT molecular complexity index is 677. The number of hydrogen-bond donors (Lipinski definition) is 2. The van der Waals surface area contributed by atoms with Gasteiger partial charge in [0.1, 0.15) is 0 Å². The first kappa shape index (κ1) is 22.1. The summed E-state index contributed by atoms with van der Waals surface area (Å²) in [5.41, 5.74) is 0.813. The van der Waals surface area contributed by atoms with Crippen molar-refractivity contribution >= 4 is 17.6 Å². The number of alkyl halides is 2. The monoisotopic (exact) mass is 395 g/mol. The minimum absolute atomic E-state index is 0.152. The number of halogens is 2. The lowest BCUT2D eigenvalue weighted by Crippen LogP contribution is -2.44. The Hall–Kier alpha value is -2.18. The molecule has 28 heavy (non-hydrogen) atoms. The van der Waals surface area contributed by atoms with Crippen LogP contribution >= 0.6 is 0 Å². The first-order valence-corrected chi connectivity index (χ1v) is 9.95. The van der Waals surface area contributed by atoms with Crippen LogP contribution in [0.25, 0.3) is 0 Å². The van der Waals surface area contributed by atoms with Crippen molar-refractivity contribution in [1.82, 2.24) is 10.2 Å². The van der Waals surface area contributed by atoms with Gasteiger partial charge in [-0.3, -0.25) is 4.79 Å². The van der Waals surface area contributed by atoms with Crippen molar-refractivity contribution in [3.8, 4) is 0 Å². The zero-order valence-corrected chi connectivity index (χ0v) is 17.1. The number of urea groups is 1. The Morgan fingerprint density at radius 2 is 1.61 bits per heavy atom. The van der Waals surface area contributed by atoms with Crippen LogP contribution in [0.5, 0.6) is 0 Å². The summed E-state index contributed by atoms with van der Waals surface area (Å²) in [6, 6.07) is 6.88. The normalized spacial score (nSPS) is 18.8. The van der Waals surface area contributed by atoms with Crippen LogP contribution in [0.4, 0.5) is 19.3 Å². The molecule has 2 N–H and O–H groups in total. The van der Waals surface area contributed by atoms with E-state index in [-0.39, 0.29) is 43.7 Å². The lowest BCUT2D eigenvalue weighted by Gasteiger charge is -2.36. The van der Waals surface area contributed by atoms with Gasteiger partial charge in [0.15, 0.2) is 0 Å². The predicted octanol–water partition coefficient (Wildman–Crippen LogP) is 4.95. The van der Waals surface area contributed by atoms with E-state index in [4.69, 9.17) is 0 Å². The molecule has 2 rings (SSSR count). The lowest BCUT2D eigenvalue weighted by molar-refractivity contribution is -0.138. The molecule has 1 aromatic rings. The van der Waals surface area contributed by atoms with Gasteiger partial charge in [0.05, 0.1) is 6.04 Å². The largest absolute Gasteiger partial charge is 0.349 e. The second-order valence-corrected chi connectivity index (χ2v) is 7.84. The van der Waals surface area contributed by atoms with Crippen molar-refractivity contribution in [2.45, 2.75) is 65.3 Å². The average Bonchev–Trinajstić information content (AvgIpc) is 2.66. The number of rotatable bonds is 6. The number of nitrogens with one attached hydrogen (secondary N) is 2. The quantitative estimate of drug-likeness (QED) is 0.716. The maximum absolute atomic E-state index is 13.4. The van der Waals surface area contributed by atoms with Crippen LogP contribution in [-0.4, -0.2) is 35.9 Å². The zero-order valence-electron chi connectivity index (χ0n) is 17.1. The van der Waals surface area contributed by atoms with Gasteiger partial charge in [-0.1, -0.05) is 19.1 Å². The third-order valence-corrected chi connectivity index (χ3v) is 5.69. The molecule has 0 heterocycles. The molecular formula is C21H31F2N3O2. The van der Waals surface area contributed by atoms with Crippen molar-refractivity contribution in [2.75, 3.05) is 18.4 Å². The van der Waals surface area contributed by atoms with Crippen LogP contribution in [-0.2, 0) is 4.79 Å². The summed E-state index contributed by atoms with van der Waals surface area (Å²) in [5.74, 6) is -2.84. The number of benzene rings is 1. The minimum Gasteiger partial charge on any atom is -0.349 e. The van der Waals surface area contributed by atoms with Crippen molar-refractivity contribution in [3.05, 3.63) is 29.8 Å². The summed E-state index contributed by atoms with van der Waals surface area (Å²) in [6.07, 6.45) is -0.109. The number of nitrogens with zero attached hydrogens (tertiary/aromatic N) is 1. The minimum atomic E-state index is -2.66. The highest BCUT2D eigenvalue weighted by Crippen LogP contribution is 2.43. The van der Waals surface area contributed by atoms with Gasteiger partial charge < -0.3 is 15.5 Å². The highest BCUT2D eigenvalue weighted by Gasteiger charge is 2.44. The highest BCUT2D eigenvalue weighted by molar-refractivity contribution is 5.89. The molecule has 1 unspecified atom stereocenters. The van der Waals surface area contributed by atoms with E-state index < -0.39 is 11.3 Å². The van der Waals surface area contributed by atoms with E-state index in [0.29, 0.717) is 18.8 Å². The number of anilines is 1. The average molecular weight is 395 g/mol. The molecule has 0 aliphatic heterocycles. The van der Waals surface area contributed by atoms with E-state index in [1.54, 1.807) is 24.0 Å². The van der Waals surface area contributed by atoms with Crippen LogP contribution in [0.3, 0.4) is 0 Å². The van der Waals surface area contributed by atoms with Gasteiger partial charge in [0.2, 0.25) is 11.8 Å². The van der Waals surface area contributed by atoms with E-state index in [1.807, 2.05) is 32.9 Å². The van der Waals surface area contributed by atoms with E-state index in [2.05, 4.69) is 10.6 Å². The van der Waals surface area contributed by atoms with E-state index in [9.17, 15) is 18.4 Å². The summed E-state index contributed by atoms with van der Waals surface area (Å²) >= 11 is 0. The maximum Gasteiger partial charge on any atom is 0.321 e. The Balaban J connectivity index is 1.95. The van der Waals surface area contributed by atoms with Crippen molar-refractivity contribution in [2.24, 2.45) is 5.41 Å². The summed E-state index contributed by atoms with van der Waals surface area (Å²) in [6.45, 7) is 8.73. The van der Waals surface area contributed by atoms with Crippen molar-refractivity contribution in [3.63, 3.8) is 0 Å². The lowest BCUT2D eigenvalue weighted by atomic mass is 9.73. The molecule has 1 saturated carbocycles. The Labute approximate surface area is 165 Å². The molecule has 1 fully saturated rings. The van der Waals surface area contributed by atoms with Gasteiger partial charge in [0.25, 0.3) is 0 Å². The standard InChI is InChI=1S/C21H31F2N3O2/c1-5-26(6-2)19(28)25-17-9-7-16(8-10-17)15(3)24-18(27)20(4)11-13-21(22,23)14-12-20/h7-10,15H,5-6,11-14H2,1-4H3,(H,24,27)(H,25,28). The SMILES string of the molecule is CCN(CC)C(=O)Nc1ccc(C(C)NC(=O)C2(C)CCC(F)(F)CC2)cc1. The number of carbonyl (C=O) groups is 2. The van der Waals surface area contributed by atoms with E-state index >= 15 is 0 Å². The van der Waals surface area contributed by atoms with Crippen molar-refractivity contribution < 1.29 is 18.4 Å². The fourth-order valence-corrected chi connectivity index (χ4v) is 3.42. The Morgan fingerprint density at radius 3 is 2.11 bits per heavy atom.